The maximum absolute atomic E-state index is 13.6. The maximum atomic E-state index is 13.6. The van der Waals surface area contributed by atoms with Gasteiger partial charge in [0.1, 0.15) is 5.82 Å². The Morgan fingerprint density at radius 3 is 2.63 bits per heavy atom. The molecule has 4 heterocycles. The highest BCUT2D eigenvalue weighted by Crippen LogP contribution is 2.36. The van der Waals surface area contributed by atoms with Crippen LogP contribution in [0.4, 0.5) is 16.0 Å². The van der Waals surface area contributed by atoms with Crippen LogP contribution in [0.25, 0.3) is 22.6 Å². The van der Waals surface area contributed by atoms with Crippen LogP contribution >= 0.6 is 0 Å². The van der Waals surface area contributed by atoms with Gasteiger partial charge in [-0.1, -0.05) is 6.92 Å². The second kappa shape index (κ2) is 11.0. The summed E-state index contributed by atoms with van der Waals surface area (Å²) in [5, 5.41) is 6.03. The van der Waals surface area contributed by atoms with E-state index in [2.05, 4.69) is 37.5 Å². The quantitative estimate of drug-likeness (QED) is 0.310. The number of benzene rings is 1. The van der Waals surface area contributed by atoms with Gasteiger partial charge in [0.25, 0.3) is 0 Å². The number of anilines is 2. The van der Waals surface area contributed by atoms with Gasteiger partial charge in [-0.2, -0.15) is 0 Å². The number of imidazole rings is 1. The Bertz CT molecular complexity index is 1390. The molecule has 0 aliphatic carbocycles. The third-order valence-corrected chi connectivity index (χ3v) is 6.08. The molecule has 0 saturated carbocycles. The molecule has 0 bridgehead atoms. The number of pyridine rings is 1. The largest absolute Gasteiger partial charge is 0.354 e. The highest BCUT2D eigenvalue weighted by molar-refractivity contribution is 5.95. The van der Waals surface area contributed by atoms with Crippen molar-refractivity contribution in [1.29, 1.82) is 0 Å². The van der Waals surface area contributed by atoms with Crippen molar-refractivity contribution >= 4 is 17.5 Å². The van der Waals surface area contributed by atoms with Crippen molar-refractivity contribution in [3.8, 4) is 22.6 Å². The highest BCUT2D eigenvalue weighted by atomic mass is 19.1. The monoisotopic (exact) mass is 517 g/mol. The van der Waals surface area contributed by atoms with Crippen LogP contribution in [0.2, 0.25) is 0 Å². The van der Waals surface area contributed by atoms with E-state index in [1.807, 2.05) is 0 Å². The molecule has 0 spiro atoms. The molecule has 196 valence electrons. The molecule has 4 aromatic rings. The minimum absolute atomic E-state index is 0.115. The molecule has 3 aromatic heterocycles. The Morgan fingerprint density at radius 1 is 1.13 bits per heavy atom. The Kier molecular flexibility index (Phi) is 7.38. The van der Waals surface area contributed by atoms with Gasteiger partial charge in [0.2, 0.25) is 18.1 Å². The van der Waals surface area contributed by atoms with Crippen molar-refractivity contribution in [1.82, 2.24) is 24.9 Å². The van der Waals surface area contributed by atoms with E-state index in [9.17, 15) is 9.18 Å². The van der Waals surface area contributed by atoms with Crippen LogP contribution in [-0.2, 0) is 14.3 Å². The molecule has 0 unspecified atom stereocenters. The first-order valence-corrected chi connectivity index (χ1v) is 12.3. The molecule has 11 heteroatoms. The number of aromatic nitrogens is 5. The van der Waals surface area contributed by atoms with Crippen molar-refractivity contribution in [3.63, 3.8) is 0 Å². The summed E-state index contributed by atoms with van der Waals surface area (Å²) in [5.41, 5.74) is 2.17. The molecule has 1 aliphatic heterocycles. The number of hydrogen-bond donors (Lipinski definition) is 3. The summed E-state index contributed by atoms with van der Waals surface area (Å²) in [5.74, 6) is 0.327. The number of hydrogen-bond acceptors (Lipinski definition) is 8. The predicted octanol–water partition coefficient (Wildman–Crippen LogP) is 4.58. The van der Waals surface area contributed by atoms with E-state index in [0.29, 0.717) is 40.1 Å². The van der Waals surface area contributed by atoms with E-state index < -0.39 is 11.7 Å². The molecular formula is C27H28FN7O3. The van der Waals surface area contributed by atoms with Crippen molar-refractivity contribution in [3.05, 3.63) is 72.7 Å². The number of aromatic amines is 1. The van der Waals surface area contributed by atoms with Crippen molar-refractivity contribution < 1.29 is 18.7 Å². The lowest BCUT2D eigenvalue weighted by atomic mass is 9.91. The number of nitrogens with zero attached hydrogens (tertiary/aromatic N) is 4. The van der Waals surface area contributed by atoms with Crippen LogP contribution in [0, 0.1) is 11.2 Å². The summed E-state index contributed by atoms with van der Waals surface area (Å²) in [7, 11) is 0. The molecule has 38 heavy (non-hydrogen) atoms. The molecular weight excluding hydrogens is 489 g/mol. The van der Waals surface area contributed by atoms with Gasteiger partial charge >= 0.3 is 0 Å². The zero-order valence-corrected chi connectivity index (χ0v) is 21.1. The second-order valence-electron chi connectivity index (χ2n) is 9.26. The Morgan fingerprint density at radius 2 is 1.92 bits per heavy atom. The van der Waals surface area contributed by atoms with Crippen LogP contribution in [0.15, 0.2) is 61.1 Å². The number of ether oxygens (including phenoxy) is 2. The normalized spacial score (nSPS) is 19.2. The van der Waals surface area contributed by atoms with E-state index >= 15 is 0 Å². The molecule has 1 aromatic carbocycles. The fourth-order valence-corrected chi connectivity index (χ4v) is 3.94. The number of rotatable bonds is 8. The maximum Gasteiger partial charge on any atom is 0.235 e. The Balaban J connectivity index is 1.39. The molecule has 1 aliphatic rings. The van der Waals surface area contributed by atoms with Crippen molar-refractivity contribution in [2.24, 2.45) is 5.41 Å². The fraction of sp³-hybridized carbons (Fsp3) is 0.296. The lowest BCUT2D eigenvalue weighted by Crippen LogP contribution is -2.45. The third-order valence-electron chi connectivity index (χ3n) is 6.08. The van der Waals surface area contributed by atoms with E-state index in [4.69, 9.17) is 14.5 Å². The minimum Gasteiger partial charge on any atom is -0.354 e. The van der Waals surface area contributed by atoms with Crippen molar-refractivity contribution in [2.75, 3.05) is 30.4 Å². The number of carbonyl (C=O) groups excluding carboxylic acids is 1. The fourth-order valence-electron chi connectivity index (χ4n) is 3.94. The summed E-state index contributed by atoms with van der Waals surface area (Å²) < 4.78 is 25.6. The van der Waals surface area contributed by atoms with Gasteiger partial charge in [-0.25, -0.2) is 19.3 Å². The smallest absolute Gasteiger partial charge is 0.235 e. The van der Waals surface area contributed by atoms with Gasteiger partial charge in [-0.05, 0) is 55.8 Å². The second-order valence-corrected chi connectivity index (χ2v) is 9.26. The first kappa shape index (κ1) is 25.4. The molecule has 1 fully saturated rings. The lowest BCUT2D eigenvalue weighted by Gasteiger charge is -2.35. The van der Waals surface area contributed by atoms with Crippen LogP contribution < -0.4 is 10.6 Å². The lowest BCUT2D eigenvalue weighted by molar-refractivity contribution is -0.229. The van der Waals surface area contributed by atoms with Crippen LogP contribution in [-0.4, -0.2) is 50.6 Å². The predicted molar refractivity (Wildman–Crippen MR) is 139 cm³/mol. The van der Waals surface area contributed by atoms with E-state index in [1.54, 1.807) is 55.8 Å². The van der Waals surface area contributed by atoms with Gasteiger partial charge in [-0.3, -0.25) is 9.78 Å². The van der Waals surface area contributed by atoms with Gasteiger partial charge in [0.05, 0.1) is 47.6 Å². The molecule has 5 rings (SSSR count). The topological polar surface area (TPSA) is 127 Å². The Hall–Kier alpha value is -4.22. The van der Waals surface area contributed by atoms with E-state index in [0.717, 1.165) is 13.0 Å². The van der Waals surface area contributed by atoms with E-state index in [1.165, 1.54) is 12.1 Å². The van der Waals surface area contributed by atoms with Gasteiger partial charge in [0, 0.05) is 24.5 Å². The number of halogens is 1. The summed E-state index contributed by atoms with van der Waals surface area (Å²) in [6.45, 7) is 4.80. The highest BCUT2D eigenvalue weighted by Gasteiger charge is 2.41. The SMILES string of the molecule is CCCNc1nccc(-c2[nH]c(C3OCC(C)(C(=O)Nc4cccnc4)CO3)nc2-c2ccc(F)cc2)n1. The van der Waals surface area contributed by atoms with Crippen LogP contribution in [0.3, 0.4) is 0 Å². The van der Waals surface area contributed by atoms with Crippen LogP contribution in [0.1, 0.15) is 32.4 Å². The number of H-pyrrole nitrogens is 1. The van der Waals surface area contributed by atoms with Crippen molar-refractivity contribution in [2.45, 2.75) is 26.6 Å². The average Bonchev–Trinajstić information content (AvgIpc) is 3.39. The zero-order valence-electron chi connectivity index (χ0n) is 21.1. The van der Waals surface area contributed by atoms with E-state index in [-0.39, 0.29) is 24.9 Å². The standard InChI is InChI=1S/C27H28FN7O3/c1-3-11-30-26-31-13-10-20(33-26)22-21(17-6-8-18(28)9-7-17)34-23(35-22)24-37-15-27(2,16-38-24)25(36)32-19-5-4-12-29-14-19/h4-10,12-14,24H,3,11,15-16H2,1-2H3,(H,32,36)(H,34,35)(H,30,31,33). The van der Waals surface area contributed by atoms with Gasteiger partial charge < -0.3 is 25.1 Å². The molecule has 10 nitrogen and oxygen atoms in total. The zero-order chi connectivity index (χ0) is 26.5. The molecule has 0 radical (unpaired) electrons. The number of amides is 1. The summed E-state index contributed by atoms with van der Waals surface area (Å²) in [6, 6.07) is 11.3. The Labute approximate surface area is 219 Å². The first-order chi connectivity index (χ1) is 18.4. The van der Waals surface area contributed by atoms with Crippen LogP contribution in [0.5, 0.6) is 0 Å². The molecule has 3 N–H and O–H groups in total. The minimum atomic E-state index is -0.909. The molecule has 1 saturated heterocycles. The number of carbonyl (C=O) groups is 1. The van der Waals surface area contributed by atoms with Gasteiger partial charge in [-0.15, -0.1) is 0 Å². The summed E-state index contributed by atoms with van der Waals surface area (Å²) >= 11 is 0. The number of nitrogens with one attached hydrogen (secondary N) is 3. The molecule has 1 amide bonds. The average molecular weight is 518 g/mol. The summed E-state index contributed by atoms with van der Waals surface area (Å²) in [4.78, 5) is 33.9. The molecule has 0 atom stereocenters. The third kappa shape index (κ3) is 5.53. The van der Waals surface area contributed by atoms with Gasteiger partial charge in [0.15, 0.2) is 5.82 Å². The first-order valence-electron chi connectivity index (χ1n) is 12.3. The summed E-state index contributed by atoms with van der Waals surface area (Å²) in [6.07, 6.45) is 4.97.